The molecular weight excluding hydrogens is 352 g/mol. The van der Waals surface area contributed by atoms with Crippen LogP contribution in [0.2, 0.25) is 0 Å². The fraction of sp³-hybridized carbons (Fsp3) is 0.600. The number of aryl methyl sites for hydroxylation is 1. The van der Waals surface area contributed by atoms with Crippen molar-refractivity contribution >= 4 is 20.0 Å². The Balaban J connectivity index is 1.96. The fourth-order valence-electron chi connectivity index (χ4n) is 2.58. The molecule has 1 saturated heterocycles. The number of nitrogens with one attached hydrogen (secondary N) is 1. The highest BCUT2D eigenvalue weighted by Crippen LogP contribution is 2.15. The van der Waals surface area contributed by atoms with Gasteiger partial charge in [0, 0.05) is 26.2 Å². The molecule has 0 amide bonds. The third kappa shape index (κ3) is 5.52. The molecule has 9 heteroatoms. The lowest BCUT2D eigenvalue weighted by molar-refractivity contribution is 0.0943. The molecule has 24 heavy (non-hydrogen) atoms. The van der Waals surface area contributed by atoms with Crippen molar-refractivity contribution in [3.8, 4) is 0 Å². The Morgan fingerprint density at radius 1 is 1.29 bits per heavy atom. The molecule has 1 aliphatic heterocycles. The lowest BCUT2D eigenvalue weighted by Crippen LogP contribution is -2.41. The van der Waals surface area contributed by atoms with E-state index >= 15 is 0 Å². The van der Waals surface area contributed by atoms with E-state index < -0.39 is 20.0 Å². The normalized spacial score (nSPS) is 19.0. The molecule has 1 unspecified atom stereocenters. The molecule has 0 radical (unpaired) electrons. The van der Waals surface area contributed by atoms with Crippen LogP contribution in [0.3, 0.4) is 0 Å². The first kappa shape index (κ1) is 19.3. The van der Waals surface area contributed by atoms with E-state index in [-0.39, 0.29) is 30.6 Å². The summed E-state index contributed by atoms with van der Waals surface area (Å²) < 4.78 is 57.5. The van der Waals surface area contributed by atoms with Gasteiger partial charge in [-0.15, -0.1) is 0 Å². The van der Waals surface area contributed by atoms with Gasteiger partial charge in [0.05, 0.1) is 17.3 Å². The highest BCUT2D eigenvalue weighted by molar-refractivity contribution is 7.89. The predicted octanol–water partition coefficient (Wildman–Crippen LogP) is 0.714. The second-order valence-corrected chi connectivity index (χ2v) is 9.72. The van der Waals surface area contributed by atoms with Crippen LogP contribution < -0.4 is 4.72 Å². The molecule has 1 fully saturated rings. The lowest BCUT2D eigenvalue weighted by atomic mass is 10.2. The van der Waals surface area contributed by atoms with E-state index in [0.29, 0.717) is 6.61 Å². The summed E-state index contributed by atoms with van der Waals surface area (Å²) in [5, 5.41) is 0. The van der Waals surface area contributed by atoms with Crippen molar-refractivity contribution in [2.75, 3.05) is 32.5 Å². The van der Waals surface area contributed by atoms with Crippen LogP contribution in [0.4, 0.5) is 0 Å². The summed E-state index contributed by atoms with van der Waals surface area (Å²) in [7, 11) is -7.08. The van der Waals surface area contributed by atoms with Crippen molar-refractivity contribution in [1.29, 1.82) is 0 Å². The Kier molecular flexibility index (Phi) is 6.38. The molecule has 2 rings (SSSR count). The van der Waals surface area contributed by atoms with Gasteiger partial charge in [-0.2, -0.15) is 4.31 Å². The standard InChI is InChI=1S/C15H24N2O5S2/c1-13-5-3-7-15(11-13)24(20,21)16-8-9-17(23(2,18)19)12-14-6-4-10-22-14/h3,5,7,11,14,16H,4,6,8-10,12H2,1-2H3. The molecule has 1 heterocycles. The van der Waals surface area contributed by atoms with Gasteiger partial charge in [-0.25, -0.2) is 21.6 Å². The molecule has 7 nitrogen and oxygen atoms in total. The summed E-state index contributed by atoms with van der Waals surface area (Å²) in [6.45, 7) is 2.79. The van der Waals surface area contributed by atoms with Crippen molar-refractivity contribution < 1.29 is 21.6 Å². The highest BCUT2D eigenvalue weighted by atomic mass is 32.2. The molecule has 0 spiro atoms. The van der Waals surface area contributed by atoms with Crippen LogP contribution in [0, 0.1) is 6.92 Å². The van der Waals surface area contributed by atoms with E-state index in [1.807, 2.05) is 13.0 Å². The van der Waals surface area contributed by atoms with Crippen LogP contribution in [-0.4, -0.2) is 59.7 Å². The van der Waals surface area contributed by atoms with Crippen molar-refractivity contribution in [2.24, 2.45) is 0 Å². The molecule has 1 atom stereocenters. The maximum atomic E-state index is 12.3. The van der Waals surface area contributed by atoms with Gasteiger partial charge < -0.3 is 4.74 Å². The number of hydrogen-bond acceptors (Lipinski definition) is 5. The van der Waals surface area contributed by atoms with Gasteiger partial charge in [0.25, 0.3) is 0 Å². The molecule has 1 aromatic carbocycles. The van der Waals surface area contributed by atoms with E-state index in [4.69, 9.17) is 4.74 Å². The molecule has 0 bridgehead atoms. The fourth-order valence-corrected chi connectivity index (χ4v) is 4.56. The number of hydrogen-bond donors (Lipinski definition) is 1. The number of nitrogens with zero attached hydrogens (tertiary/aromatic N) is 1. The third-order valence-electron chi connectivity index (χ3n) is 3.85. The first-order valence-electron chi connectivity index (χ1n) is 7.81. The van der Waals surface area contributed by atoms with Gasteiger partial charge >= 0.3 is 0 Å². The maximum absolute atomic E-state index is 12.3. The van der Waals surface area contributed by atoms with Gasteiger partial charge in [0.15, 0.2) is 0 Å². The molecule has 0 aliphatic carbocycles. The number of ether oxygens (including phenoxy) is 1. The summed E-state index contributed by atoms with van der Waals surface area (Å²) >= 11 is 0. The van der Waals surface area contributed by atoms with Crippen molar-refractivity contribution in [3.63, 3.8) is 0 Å². The zero-order chi connectivity index (χ0) is 17.8. The second-order valence-electron chi connectivity index (χ2n) is 5.97. The maximum Gasteiger partial charge on any atom is 0.240 e. The Bertz CT molecular complexity index is 756. The summed E-state index contributed by atoms with van der Waals surface area (Å²) in [5.74, 6) is 0. The van der Waals surface area contributed by atoms with E-state index in [2.05, 4.69) is 4.72 Å². The van der Waals surface area contributed by atoms with E-state index in [9.17, 15) is 16.8 Å². The molecule has 136 valence electrons. The summed E-state index contributed by atoms with van der Waals surface area (Å²) in [5.41, 5.74) is 0.842. The minimum absolute atomic E-state index is 0.00999. The number of rotatable bonds is 8. The quantitative estimate of drug-likeness (QED) is 0.721. The molecule has 1 N–H and O–H groups in total. The van der Waals surface area contributed by atoms with Crippen LogP contribution in [0.5, 0.6) is 0 Å². The first-order valence-corrected chi connectivity index (χ1v) is 11.1. The van der Waals surface area contributed by atoms with Gasteiger partial charge in [0.2, 0.25) is 20.0 Å². The summed E-state index contributed by atoms with van der Waals surface area (Å²) in [6, 6.07) is 6.56. The molecular formula is C15H24N2O5S2. The Labute approximate surface area is 144 Å². The minimum Gasteiger partial charge on any atom is -0.377 e. The first-order chi connectivity index (χ1) is 11.2. The Hall–Kier alpha value is -1.00. The SMILES string of the molecule is Cc1cccc(S(=O)(=O)NCCN(CC2CCCO2)S(C)(=O)=O)c1. The van der Waals surface area contributed by atoms with Gasteiger partial charge in [-0.1, -0.05) is 12.1 Å². The van der Waals surface area contributed by atoms with Crippen LogP contribution >= 0.6 is 0 Å². The van der Waals surface area contributed by atoms with Crippen LogP contribution in [0.1, 0.15) is 18.4 Å². The van der Waals surface area contributed by atoms with Gasteiger partial charge in [0.1, 0.15) is 0 Å². The second kappa shape index (κ2) is 7.92. The van der Waals surface area contributed by atoms with Crippen LogP contribution in [0.25, 0.3) is 0 Å². The number of sulfonamides is 2. The largest absolute Gasteiger partial charge is 0.377 e. The van der Waals surface area contributed by atoms with Crippen LogP contribution in [-0.2, 0) is 24.8 Å². The molecule has 1 aromatic rings. The molecule has 0 aromatic heterocycles. The van der Waals surface area contributed by atoms with Gasteiger partial charge in [-0.3, -0.25) is 0 Å². The topological polar surface area (TPSA) is 92.8 Å². The van der Waals surface area contributed by atoms with Crippen LogP contribution in [0.15, 0.2) is 29.2 Å². The lowest BCUT2D eigenvalue weighted by Gasteiger charge is -2.23. The highest BCUT2D eigenvalue weighted by Gasteiger charge is 2.25. The van der Waals surface area contributed by atoms with E-state index in [1.165, 1.54) is 10.4 Å². The van der Waals surface area contributed by atoms with Crippen molar-refractivity contribution in [2.45, 2.75) is 30.8 Å². The van der Waals surface area contributed by atoms with E-state index in [1.54, 1.807) is 12.1 Å². The predicted molar refractivity (Wildman–Crippen MR) is 91.8 cm³/mol. The Morgan fingerprint density at radius 3 is 2.62 bits per heavy atom. The zero-order valence-corrected chi connectivity index (χ0v) is 15.6. The Morgan fingerprint density at radius 2 is 2.04 bits per heavy atom. The van der Waals surface area contributed by atoms with Gasteiger partial charge in [-0.05, 0) is 37.5 Å². The van der Waals surface area contributed by atoms with Crippen molar-refractivity contribution in [3.05, 3.63) is 29.8 Å². The molecule has 0 saturated carbocycles. The monoisotopic (exact) mass is 376 g/mol. The average Bonchev–Trinajstić information content (AvgIpc) is 2.98. The minimum atomic E-state index is -3.65. The smallest absolute Gasteiger partial charge is 0.240 e. The average molecular weight is 377 g/mol. The van der Waals surface area contributed by atoms with Crippen molar-refractivity contribution in [1.82, 2.24) is 9.03 Å². The zero-order valence-electron chi connectivity index (χ0n) is 13.9. The summed E-state index contributed by atoms with van der Waals surface area (Å²) in [4.78, 5) is 0.174. The third-order valence-corrected chi connectivity index (χ3v) is 6.58. The number of benzene rings is 1. The molecule has 1 aliphatic rings. The summed E-state index contributed by atoms with van der Waals surface area (Å²) in [6.07, 6.45) is 2.74. The van der Waals surface area contributed by atoms with E-state index in [0.717, 1.165) is 24.7 Å².